The summed E-state index contributed by atoms with van der Waals surface area (Å²) in [6, 6.07) is 0. The molecule has 0 bridgehead atoms. The van der Waals surface area contributed by atoms with Gasteiger partial charge in [0.1, 0.15) is 0 Å². The summed E-state index contributed by atoms with van der Waals surface area (Å²) in [5, 5.41) is 14.6. The van der Waals surface area contributed by atoms with E-state index in [4.69, 9.17) is 0 Å². The molecule has 0 saturated heterocycles. The maximum Gasteiger partial charge on any atom is 0.0738 e. The molecule has 86 valence electrons. The maximum absolute atomic E-state index is 10.3. The van der Waals surface area contributed by atoms with Crippen molar-refractivity contribution in [1.82, 2.24) is 9.78 Å². The molecule has 0 aliphatic rings. The lowest BCUT2D eigenvalue weighted by atomic mass is 9.92. The van der Waals surface area contributed by atoms with Crippen molar-refractivity contribution in [3.05, 3.63) is 15.9 Å². The van der Waals surface area contributed by atoms with Gasteiger partial charge in [-0.1, -0.05) is 13.8 Å². The standard InChI is InChI=1S/C11H19BrN2O/c1-5-11(15,6-2)7-9-10(12)8(3)13-14(9)4/h15H,5-7H2,1-4H3. The van der Waals surface area contributed by atoms with Crippen LogP contribution >= 0.6 is 15.9 Å². The first-order valence-corrected chi connectivity index (χ1v) is 6.13. The van der Waals surface area contributed by atoms with Gasteiger partial charge in [0, 0.05) is 13.5 Å². The lowest BCUT2D eigenvalue weighted by Crippen LogP contribution is -2.30. The number of hydrogen-bond donors (Lipinski definition) is 1. The highest BCUT2D eigenvalue weighted by atomic mass is 79.9. The molecule has 0 fully saturated rings. The Hall–Kier alpha value is -0.350. The van der Waals surface area contributed by atoms with E-state index in [1.54, 1.807) is 0 Å². The van der Waals surface area contributed by atoms with E-state index in [1.807, 2.05) is 32.5 Å². The van der Waals surface area contributed by atoms with Gasteiger partial charge >= 0.3 is 0 Å². The lowest BCUT2D eigenvalue weighted by molar-refractivity contribution is 0.0307. The van der Waals surface area contributed by atoms with Gasteiger partial charge in [0.25, 0.3) is 0 Å². The molecule has 0 atom stereocenters. The van der Waals surface area contributed by atoms with Gasteiger partial charge in [0.2, 0.25) is 0 Å². The highest BCUT2D eigenvalue weighted by molar-refractivity contribution is 9.10. The first-order valence-electron chi connectivity index (χ1n) is 5.34. The second-order valence-corrected chi connectivity index (χ2v) is 4.87. The highest BCUT2D eigenvalue weighted by Crippen LogP contribution is 2.27. The van der Waals surface area contributed by atoms with Gasteiger partial charge in [-0.2, -0.15) is 5.10 Å². The molecule has 1 N–H and O–H groups in total. The summed E-state index contributed by atoms with van der Waals surface area (Å²) in [4.78, 5) is 0. The second kappa shape index (κ2) is 4.66. The van der Waals surface area contributed by atoms with E-state index in [-0.39, 0.29) is 0 Å². The predicted octanol–water partition coefficient (Wildman–Crippen LogP) is 2.58. The highest BCUT2D eigenvalue weighted by Gasteiger charge is 2.26. The van der Waals surface area contributed by atoms with Crippen molar-refractivity contribution in [2.24, 2.45) is 7.05 Å². The summed E-state index contributed by atoms with van der Waals surface area (Å²) in [5.74, 6) is 0. The van der Waals surface area contributed by atoms with Crippen molar-refractivity contribution in [2.45, 2.75) is 45.6 Å². The average molecular weight is 275 g/mol. The van der Waals surface area contributed by atoms with E-state index in [2.05, 4.69) is 21.0 Å². The average Bonchev–Trinajstić information content (AvgIpc) is 2.45. The molecular weight excluding hydrogens is 256 g/mol. The van der Waals surface area contributed by atoms with E-state index in [0.29, 0.717) is 6.42 Å². The molecule has 4 heteroatoms. The van der Waals surface area contributed by atoms with Crippen LogP contribution in [0.4, 0.5) is 0 Å². The lowest BCUT2D eigenvalue weighted by Gasteiger charge is -2.25. The molecule has 1 aromatic rings. The monoisotopic (exact) mass is 274 g/mol. The Morgan fingerprint density at radius 3 is 2.27 bits per heavy atom. The third kappa shape index (κ3) is 2.61. The van der Waals surface area contributed by atoms with Crippen LogP contribution in [-0.4, -0.2) is 20.5 Å². The topological polar surface area (TPSA) is 38.1 Å². The number of rotatable bonds is 4. The van der Waals surface area contributed by atoms with E-state index in [1.165, 1.54) is 0 Å². The molecule has 3 nitrogen and oxygen atoms in total. The fourth-order valence-corrected chi connectivity index (χ4v) is 2.16. The fourth-order valence-electron chi connectivity index (χ4n) is 1.68. The first-order chi connectivity index (χ1) is 6.93. The Bertz CT molecular complexity index is 343. The molecule has 0 unspecified atom stereocenters. The van der Waals surface area contributed by atoms with Gasteiger partial charge in [-0.15, -0.1) is 0 Å². The van der Waals surface area contributed by atoms with Crippen LogP contribution in [0.25, 0.3) is 0 Å². The summed E-state index contributed by atoms with van der Waals surface area (Å²) < 4.78 is 2.86. The van der Waals surface area contributed by atoms with Crippen LogP contribution in [0.15, 0.2) is 4.47 Å². The summed E-state index contributed by atoms with van der Waals surface area (Å²) >= 11 is 3.52. The van der Waals surface area contributed by atoms with E-state index < -0.39 is 5.60 Å². The molecule has 0 amide bonds. The van der Waals surface area contributed by atoms with Gasteiger partial charge in [-0.25, -0.2) is 0 Å². The Labute approximate surface area is 99.6 Å². The van der Waals surface area contributed by atoms with Crippen molar-refractivity contribution >= 4 is 15.9 Å². The first kappa shape index (κ1) is 12.7. The number of halogens is 1. The zero-order valence-electron chi connectivity index (χ0n) is 9.84. The molecule has 0 saturated carbocycles. The minimum absolute atomic E-state index is 0.608. The Morgan fingerprint density at radius 2 is 1.93 bits per heavy atom. The van der Waals surface area contributed by atoms with Crippen LogP contribution in [0.2, 0.25) is 0 Å². The molecule has 1 aromatic heterocycles. The summed E-state index contributed by atoms with van der Waals surface area (Å²) in [7, 11) is 1.92. The predicted molar refractivity (Wildman–Crippen MR) is 64.9 cm³/mol. The van der Waals surface area contributed by atoms with Gasteiger partial charge in [-0.05, 0) is 35.7 Å². The third-order valence-electron chi connectivity index (χ3n) is 3.07. The Balaban J connectivity index is 2.98. The quantitative estimate of drug-likeness (QED) is 0.917. The van der Waals surface area contributed by atoms with Crippen molar-refractivity contribution in [3.63, 3.8) is 0 Å². The molecule has 1 heterocycles. The molecule has 1 rings (SSSR count). The SMILES string of the molecule is CCC(O)(CC)Cc1c(Br)c(C)nn1C. The fraction of sp³-hybridized carbons (Fsp3) is 0.727. The Kier molecular flexibility index (Phi) is 3.95. The summed E-state index contributed by atoms with van der Waals surface area (Å²) in [5.41, 5.74) is 1.43. The Morgan fingerprint density at radius 1 is 1.40 bits per heavy atom. The van der Waals surface area contributed by atoms with Crippen LogP contribution in [0.5, 0.6) is 0 Å². The van der Waals surface area contributed by atoms with Gasteiger partial charge < -0.3 is 5.11 Å². The summed E-state index contributed by atoms with van der Waals surface area (Å²) in [6.45, 7) is 5.99. The number of aryl methyl sites for hydroxylation is 2. The number of aliphatic hydroxyl groups is 1. The van der Waals surface area contributed by atoms with Gasteiger partial charge in [0.05, 0.1) is 21.5 Å². The number of aromatic nitrogens is 2. The van der Waals surface area contributed by atoms with Crippen LogP contribution in [0.1, 0.15) is 38.1 Å². The van der Waals surface area contributed by atoms with Crippen LogP contribution in [-0.2, 0) is 13.5 Å². The van der Waals surface area contributed by atoms with E-state index >= 15 is 0 Å². The van der Waals surface area contributed by atoms with Crippen LogP contribution in [0.3, 0.4) is 0 Å². The minimum atomic E-state index is -0.608. The van der Waals surface area contributed by atoms with E-state index in [0.717, 1.165) is 28.7 Å². The number of nitrogens with zero attached hydrogens (tertiary/aromatic N) is 2. The zero-order chi connectivity index (χ0) is 11.6. The summed E-state index contributed by atoms with van der Waals surface area (Å²) in [6.07, 6.45) is 2.18. The molecule has 0 aliphatic carbocycles. The van der Waals surface area contributed by atoms with Crippen molar-refractivity contribution in [3.8, 4) is 0 Å². The molecule has 0 radical (unpaired) electrons. The molecule has 15 heavy (non-hydrogen) atoms. The van der Waals surface area contributed by atoms with Crippen molar-refractivity contribution in [2.75, 3.05) is 0 Å². The molecule has 0 aliphatic heterocycles. The molecular formula is C11H19BrN2O. The van der Waals surface area contributed by atoms with Crippen molar-refractivity contribution in [1.29, 1.82) is 0 Å². The van der Waals surface area contributed by atoms with Crippen LogP contribution in [0, 0.1) is 6.92 Å². The van der Waals surface area contributed by atoms with Gasteiger partial charge in [-0.3, -0.25) is 4.68 Å². The normalized spacial score (nSPS) is 12.1. The van der Waals surface area contributed by atoms with Gasteiger partial charge in [0.15, 0.2) is 0 Å². The minimum Gasteiger partial charge on any atom is -0.390 e. The van der Waals surface area contributed by atoms with Crippen molar-refractivity contribution < 1.29 is 5.11 Å². The third-order valence-corrected chi connectivity index (χ3v) is 4.11. The molecule has 0 spiro atoms. The smallest absolute Gasteiger partial charge is 0.0738 e. The maximum atomic E-state index is 10.3. The number of hydrogen-bond acceptors (Lipinski definition) is 2. The van der Waals surface area contributed by atoms with E-state index in [9.17, 15) is 5.11 Å². The largest absolute Gasteiger partial charge is 0.390 e. The second-order valence-electron chi connectivity index (χ2n) is 4.08. The zero-order valence-corrected chi connectivity index (χ0v) is 11.4. The molecule has 0 aromatic carbocycles. The van der Waals surface area contributed by atoms with Crippen LogP contribution < -0.4 is 0 Å².